The third-order valence-corrected chi connectivity index (χ3v) is 7.86. The largest absolute Gasteiger partial charge is 0.356 e. The van der Waals surface area contributed by atoms with E-state index in [1.807, 2.05) is 36.1 Å². The maximum Gasteiger partial charge on any atom is 0.270 e. The van der Waals surface area contributed by atoms with Crippen LogP contribution in [-0.2, 0) is 4.79 Å². The van der Waals surface area contributed by atoms with Gasteiger partial charge in [-0.2, -0.15) is 0 Å². The molecule has 2 aliphatic rings. The zero-order chi connectivity index (χ0) is 23.4. The Kier molecular flexibility index (Phi) is 7.97. The molecule has 1 aromatic carbocycles. The molecule has 0 radical (unpaired) electrons. The van der Waals surface area contributed by atoms with Gasteiger partial charge in [-0.15, -0.1) is 0 Å². The third-order valence-electron chi connectivity index (χ3n) is 7.62. The number of rotatable bonds is 7. The van der Waals surface area contributed by atoms with Gasteiger partial charge in [-0.25, -0.2) is 0 Å². The summed E-state index contributed by atoms with van der Waals surface area (Å²) in [5, 5.41) is 4.76. The average molecular weight is 473 g/mol. The lowest BCUT2D eigenvalue weighted by Gasteiger charge is -2.34. The first-order valence-corrected chi connectivity index (χ1v) is 12.9. The Morgan fingerprint density at radius 1 is 1.15 bits per heavy atom. The van der Waals surface area contributed by atoms with Crippen LogP contribution in [0.4, 0.5) is 0 Å². The van der Waals surface area contributed by atoms with Gasteiger partial charge in [-0.3, -0.25) is 9.59 Å². The number of nitrogens with one attached hydrogen (secondary N) is 2. The molecule has 4 rings (SSSR count). The van der Waals surface area contributed by atoms with Crippen LogP contribution in [0.15, 0.2) is 24.3 Å². The number of benzene rings is 1. The molecule has 0 bridgehead atoms. The van der Waals surface area contributed by atoms with Crippen LogP contribution in [0.25, 0.3) is 10.9 Å². The predicted molar refractivity (Wildman–Crippen MR) is 134 cm³/mol. The molecule has 2 atom stereocenters. The van der Waals surface area contributed by atoms with Crippen molar-refractivity contribution in [2.75, 3.05) is 32.7 Å². The van der Waals surface area contributed by atoms with Gasteiger partial charge in [0.15, 0.2) is 0 Å². The van der Waals surface area contributed by atoms with E-state index < -0.39 is 0 Å². The Bertz CT molecular complexity index is 966. The number of hydrogen-bond acceptors (Lipinski definition) is 3. The second-order valence-corrected chi connectivity index (χ2v) is 10.3. The molecule has 2 saturated heterocycles. The highest BCUT2D eigenvalue weighted by atomic mass is 35.5. The van der Waals surface area contributed by atoms with Crippen LogP contribution in [0.2, 0.25) is 5.02 Å². The molecule has 2 fully saturated rings. The van der Waals surface area contributed by atoms with E-state index in [9.17, 15) is 9.59 Å². The first-order chi connectivity index (χ1) is 15.9. The molecule has 2 amide bonds. The second-order valence-electron chi connectivity index (χ2n) is 9.86. The van der Waals surface area contributed by atoms with Crippen molar-refractivity contribution in [2.45, 2.75) is 58.4 Å². The summed E-state index contributed by atoms with van der Waals surface area (Å²) < 4.78 is 0. The van der Waals surface area contributed by atoms with E-state index in [0.29, 0.717) is 35.8 Å². The molecule has 33 heavy (non-hydrogen) atoms. The predicted octanol–water partition coefficient (Wildman–Crippen LogP) is 4.69. The summed E-state index contributed by atoms with van der Waals surface area (Å²) in [6.07, 6.45) is 6.65. The van der Waals surface area contributed by atoms with Crippen molar-refractivity contribution in [3.05, 3.63) is 35.0 Å². The minimum absolute atomic E-state index is 0.0184. The van der Waals surface area contributed by atoms with Gasteiger partial charge in [-0.1, -0.05) is 24.9 Å². The SMILES string of the molecule is C[C@H](C(=O)NCCCN1CCCC[C@@H]1C)C1CCN(C(=O)c2cc3cc(Cl)ccc3[nH]2)CC1. The van der Waals surface area contributed by atoms with Crippen molar-refractivity contribution in [1.29, 1.82) is 0 Å². The summed E-state index contributed by atoms with van der Waals surface area (Å²) in [4.78, 5) is 33.3. The van der Waals surface area contributed by atoms with E-state index in [0.717, 1.165) is 43.3 Å². The number of likely N-dealkylation sites (tertiary alicyclic amines) is 2. The molecule has 2 aliphatic heterocycles. The van der Waals surface area contributed by atoms with Crippen molar-refractivity contribution in [1.82, 2.24) is 20.1 Å². The van der Waals surface area contributed by atoms with Gasteiger partial charge in [0.2, 0.25) is 5.91 Å². The molecule has 180 valence electrons. The maximum atomic E-state index is 13.0. The fourth-order valence-electron chi connectivity index (χ4n) is 5.35. The highest BCUT2D eigenvalue weighted by Crippen LogP contribution is 2.27. The monoisotopic (exact) mass is 472 g/mol. The van der Waals surface area contributed by atoms with Gasteiger partial charge in [0, 0.05) is 54.1 Å². The molecule has 0 aliphatic carbocycles. The number of nitrogens with zero attached hydrogens (tertiary/aromatic N) is 2. The van der Waals surface area contributed by atoms with E-state index in [-0.39, 0.29) is 17.7 Å². The number of carbonyl (C=O) groups excluding carboxylic acids is 2. The Morgan fingerprint density at radius 3 is 2.70 bits per heavy atom. The van der Waals surface area contributed by atoms with Crippen LogP contribution in [0, 0.1) is 11.8 Å². The van der Waals surface area contributed by atoms with Crippen molar-refractivity contribution >= 4 is 34.3 Å². The van der Waals surface area contributed by atoms with Gasteiger partial charge in [-0.05, 0) is 75.8 Å². The van der Waals surface area contributed by atoms with Crippen LogP contribution in [0.1, 0.15) is 62.9 Å². The molecular weight excluding hydrogens is 436 g/mol. The van der Waals surface area contributed by atoms with Gasteiger partial charge >= 0.3 is 0 Å². The van der Waals surface area contributed by atoms with Crippen molar-refractivity contribution < 1.29 is 9.59 Å². The highest BCUT2D eigenvalue weighted by Gasteiger charge is 2.30. The summed E-state index contributed by atoms with van der Waals surface area (Å²) >= 11 is 6.06. The topological polar surface area (TPSA) is 68.4 Å². The quantitative estimate of drug-likeness (QED) is 0.574. The fourth-order valence-corrected chi connectivity index (χ4v) is 5.53. The van der Waals surface area contributed by atoms with Gasteiger partial charge in [0.05, 0.1) is 0 Å². The maximum absolute atomic E-state index is 13.0. The smallest absolute Gasteiger partial charge is 0.270 e. The molecular formula is C26H37ClN4O2. The summed E-state index contributed by atoms with van der Waals surface area (Å²) in [6.45, 7) is 8.71. The van der Waals surface area contributed by atoms with Crippen LogP contribution in [0.5, 0.6) is 0 Å². The Labute approximate surface area is 202 Å². The van der Waals surface area contributed by atoms with Crippen LogP contribution in [0.3, 0.4) is 0 Å². The first kappa shape index (κ1) is 24.1. The Morgan fingerprint density at radius 2 is 1.94 bits per heavy atom. The lowest BCUT2D eigenvalue weighted by atomic mass is 9.84. The molecule has 0 spiro atoms. The lowest BCUT2D eigenvalue weighted by Crippen LogP contribution is -2.43. The molecule has 0 unspecified atom stereocenters. The highest BCUT2D eigenvalue weighted by molar-refractivity contribution is 6.31. The van der Waals surface area contributed by atoms with E-state index >= 15 is 0 Å². The van der Waals surface area contributed by atoms with Gasteiger partial charge in [0.25, 0.3) is 5.91 Å². The number of amides is 2. The normalized spacial score (nSPS) is 21.3. The van der Waals surface area contributed by atoms with Gasteiger partial charge < -0.3 is 20.1 Å². The van der Waals surface area contributed by atoms with Crippen LogP contribution < -0.4 is 5.32 Å². The molecule has 6 nitrogen and oxygen atoms in total. The van der Waals surface area contributed by atoms with Crippen molar-refractivity contribution in [2.24, 2.45) is 11.8 Å². The number of aromatic amines is 1. The van der Waals surface area contributed by atoms with E-state index in [4.69, 9.17) is 11.6 Å². The van der Waals surface area contributed by atoms with Crippen molar-refractivity contribution in [3.8, 4) is 0 Å². The number of fused-ring (bicyclic) bond motifs is 1. The number of piperidine rings is 2. The van der Waals surface area contributed by atoms with E-state index in [1.165, 1.54) is 25.8 Å². The molecule has 2 aromatic rings. The Hall–Kier alpha value is -2.05. The number of hydrogen-bond donors (Lipinski definition) is 2. The summed E-state index contributed by atoms with van der Waals surface area (Å²) in [5.41, 5.74) is 1.51. The summed E-state index contributed by atoms with van der Waals surface area (Å²) in [7, 11) is 0. The molecule has 0 saturated carbocycles. The lowest BCUT2D eigenvalue weighted by molar-refractivity contribution is -0.126. The molecule has 7 heteroatoms. The fraction of sp³-hybridized carbons (Fsp3) is 0.615. The third kappa shape index (κ3) is 5.90. The van der Waals surface area contributed by atoms with E-state index in [2.05, 4.69) is 22.1 Å². The number of H-pyrrole nitrogens is 1. The zero-order valence-corrected chi connectivity index (χ0v) is 20.7. The summed E-state index contributed by atoms with van der Waals surface area (Å²) in [6, 6.07) is 8.12. The minimum atomic E-state index is -0.0219. The molecule has 2 N–H and O–H groups in total. The zero-order valence-electron chi connectivity index (χ0n) is 19.9. The standard InChI is InChI=1S/C26H37ClN4O2/c1-18-6-3-4-12-30(18)13-5-11-28-25(32)19(2)20-9-14-31(15-10-20)26(33)24-17-21-16-22(27)7-8-23(21)29-24/h7-8,16-20,29H,3-6,9-15H2,1-2H3,(H,28,32)/t18-,19-/m0/s1. The second kappa shape index (κ2) is 10.9. The molecule has 3 heterocycles. The summed E-state index contributed by atoms with van der Waals surface area (Å²) in [5.74, 6) is 0.466. The van der Waals surface area contributed by atoms with Gasteiger partial charge in [0.1, 0.15) is 5.69 Å². The number of carbonyl (C=O) groups is 2. The number of halogens is 1. The van der Waals surface area contributed by atoms with Crippen LogP contribution >= 0.6 is 11.6 Å². The number of aromatic nitrogens is 1. The average Bonchev–Trinajstić information content (AvgIpc) is 3.25. The minimum Gasteiger partial charge on any atom is -0.356 e. The van der Waals surface area contributed by atoms with Crippen LogP contribution in [-0.4, -0.2) is 65.4 Å². The first-order valence-electron chi connectivity index (χ1n) is 12.5. The van der Waals surface area contributed by atoms with E-state index in [1.54, 1.807) is 0 Å². The molecule has 1 aromatic heterocycles. The van der Waals surface area contributed by atoms with Crippen molar-refractivity contribution in [3.63, 3.8) is 0 Å². The Balaban J connectivity index is 1.20.